The third-order valence-corrected chi connectivity index (χ3v) is 3.76. The predicted molar refractivity (Wildman–Crippen MR) is 72.2 cm³/mol. The molecule has 1 N–H and O–H groups in total. The van der Waals surface area contributed by atoms with E-state index in [2.05, 4.69) is 23.1 Å². The second kappa shape index (κ2) is 6.34. The Morgan fingerprint density at radius 1 is 1.50 bits per heavy atom. The number of nitrogens with zero attached hydrogens (tertiary/aromatic N) is 3. The van der Waals surface area contributed by atoms with Gasteiger partial charge in [-0.1, -0.05) is 6.42 Å². The van der Waals surface area contributed by atoms with Crippen LogP contribution in [-0.2, 0) is 13.1 Å². The summed E-state index contributed by atoms with van der Waals surface area (Å²) in [5, 5.41) is 13.9. The topological polar surface area (TPSA) is 41.3 Å². The van der Waals surface area contributed by atoms with Gasteiger partial charge < -0.3 is 5.11 Å². The highest BCUT2D eigenvalue weighted by Crippen LogP contribution is 2.22. The van der Waals surface area contributed by atoms with Crippen molar-refractivity contribution in [3.8, 4) is 0 Å². The Morgan fingerprint density at radius 2 is 2.33 bits per heavy atom. The van der Waals surface area contributed by atoms with Crippen LogP contribution >= 0.6 is 0 Å². The molecule has 1 fully saturated rings. The third kappa shape index (κ3) is 3.56. The molecular formula is C14H25N3O. The zero-order valence-electron chi connectivity index (χ0n) is 11.5. The zero-order chi connectivity index (χ0) is 13.0. The molecule has 0 aliphatic carbocycles. The Kier molecular flexibility index (Phi) is 4.78. The minimum Gasteiger partial charge on any atom is -0.393 e. The van der Waals surface area contributed by atoms with Crippen LogP contribution in [0.3, 0.4) is 0 Å². The van der Waals surface area contributed by atoms with E-state index in [-0.39, 0.29) is 6.10 Å². The van der Waals surface area contributed by atoms with E-state index in [9.17, 15) is 5.11 Å². The van der Waals surface area contributed by atoms with Crippen molar-refractivity contribution in [2.45, 2.75) is 64.8 Å². The molecular weight excluding hydrogens is 226 g/mol. The fourth-order valence-corrected chi connectivity index (χ4v) is 2.82. The first kappa shape index (κ1) is 13.6. The van der Waals surface area contributed by atoms with Gasteiger partial charge in [-0.25, -0.2) is 0 Å². The van der Waals surface area contributed by atoms with E-state index < -0.39 is 0 Å². The van der Waals surface area contributed by atoms with E-state index in [0.29, 0.717) is 6.04 Å². The normalized spacial score (nSPS) is 23.2. The van der Waals surface area contributed by atoms with Crippen LogP contribution < -0.4 is 0 Å². The molecule has 2 unspecified atom stereocenters. The van der Waals surface area contributed by atoms with Gasteiger partial charge >= 0.3 is 0 Å². The van der Waals surface area contributed by atoms with Crippen LogP contribution in [0.4, 0.5) is 0 Å². The van der Waals surface area contributed by atoms with Crippen LogP contribution in [0.5, 0.6) is 0 Å². The SMILES string of the molecule is CCn1cc(CN2CCCCC2CC(C)O)cn1. The van der Waals surface area contributed by atoms with Gasteiger partial charge in [0, 0.05) is 30.9 Å². The molecule has 0 aromatic carbocycles. The Labute approximate surface area is 110 Å². The molecule has 0 amide bonds. The first-order valence-corrected chi connectivity index (χ1v) is 7.12. The Balaban J connectivity index is 1.96. The summed E-state index contributed by atoms with van der Waals surface area (Å²) in [4.78, 5) is 2.51. The lowest BCUT2D eigenvalue weighted by atomic mass is 9.97. The van der Waals surface area contributed by atoms with Crippen LogP contribution in [0.2, 0.25) is 0 Å². The fourth-order valence-electron chi connectivity index (χ4n) is 2.82. The minimum atomic E-state index is -0.200. The second-order valence-corrected chi connectivity index (χ2v) is 5.41. The standard InChI is InChI=1S/C14H25N3O/c1-3-17-11-13(9-15-17)10-16-7-5-4-6-14(16)8-12(2)18/h9,11-12,14,18H,3-8,10H2,1-2H3. The molecule has 2 heterocycles. The highest BCUT2D eigenvalue weighted by molar-refractivity contribution is 5.04. The highest BCUT2D eigenvalue weighted by atomic mass is 16.3. The van der Waals surface area contributed by atoms with Crippen LogP contribution in [-0.4, -0.2) is 38.5 Å². The first-order chi connectivity index (χ1) is 8.69. The predicted octanol–water partition coefficient (Wildman–Crippen LogP) is 2.03. The molecule has 0 bridgehead atoms. The maximum atomic E-state index is 9.59. The van der Waals surface area contributed by atoms with Crippen molar-refractivity contribution in [1.29, 1.82) is 0 Å². The summed E-state index contributed by atoms with van der Waals surface area (Å²) >= 11 is 0. The smallest absolute Gasteiger partial charge is 0.0534 e. The molecule has 1 saturated heterocycles. The fraction of sp³-hybridized carbons (Fsp3) is 0.786. The number of aliphatic hydroxyl groups excluding tert-OH is 1. The monoisotopic (exact) mass is 251 g/mol. The summed E-state index contributed by atoms with van der Waals surface area (Å²) in [6.07, 6.45) is 8.58. The lowest BCUT2D eigenvalue weighted by Gasteiger charge is -2.36. The van der Waals surface area contributed by atoms with Crippen LogP contribution in [0, 0.1) is 0 Å². The summed E-state index contributed by atoms with van der Waals surface area (Å²) in [6, 6.07) is 0.531. The average Bonchev–Trinajstić information content (AvgIpc) is 2.79. The number of aryl methyl sites for hydroxylation is 1. The minimum absolute atomic E-state index is 0.200. The number of aromatic nitrogens is 2. The van der Waals surface area contributed by atoms with E-state index >= 15 is 0 Å². The van der Waals surface area contributed by atoms with Crippen LogP contribution in [0.1, 0.15) is 45.1 Å². The van der Waals surface area contributed by atoms with E-state index in [1.165, 1.54) is 24.8 Å². The van der Waals surface area contributed by atoms with Gasteiger partial charge in [-0.15, -0.1) is 0 Å². The van der Waals surface area contributed by atoms with E-state index in [1.807, 2.05) is 17.8 Å². The molecule has 4 nitrogen and oxygen atoms in total. The molecule has 2 rings (SSSR count). The average molecular weight is 251 g/mol. The lowest BCUT2D eigenvalue weighted by Crippen LogP contribution is -2.40. The van der Waals surface area contributed by atoms with Crippen molar-refractivity contribution in [2.24, 2.45) is 0 Å². The van der Waals surface area contributed by atoms with Gasteiger partial charge in [0.1, 0.15) is 0 Å². The Hall–Kier alpha value is -0.870. The molecule has 18 heavy (non-hydrogen) atoms. The number of piperidine rings is 1. The summed E-state index contributed by atoms with van der Waals surface area (Å²) < 4.78 is 1.98. The molecule has 0 radical (unpaired) electrons. The van der Waals surface area contributed by atoms with Crippen LogP contribution in [0.25, 0.3) is 0 Å². The third-order valence-electron chi connectivity index (χ3n) is 3.76. The molecule has 0 spiro atoms. The quantitative estimate of drug-likeness (QED) is 0.870. The maximum Gasteiger partial charge on any atom is 0.0534 e. The molecule has 1 aliphatic heterocycles. The van der Waals surface area contributed by atoms with E-state index in [4.69, 9.17) is 0 Å². The molecule has 1 aromatic heterocycles. The molecule has 1 aliphatic rings. The van der Waals surface area contributed by atoms with Gasteiger partial charge in [0.15, 0.2) is 0 Å². The van der Waals surface area contributed by atoms with Gasteiger partial charge in [0.2, 0.25) is 0 Å². The number of aliphatic hydroxyl groups is 1. The molecule has 2 atom stereocenters. The largest absolute Gasteiger partial charge is 0.393 e. The van der Waals surface area contributed by atoms with Crippen molar-refractivity contribution >= 4 is 0 Å². The zero-order valence-corrected chi connectivity index (χ0v) is 11.5. The first-order valence-electron chi connectivity index (χ1n) is 7.12. The Morgan fingerprint density at radius 3 is 3.00 bits per heavy atom. The number of rotatable bonds is 5. The second-order valence-electron chi connectivity index (χ2n) is 5.41. The summed E-state index contributed by atoms with van der Waals surface area (Å²) in [5.74, 6) is 0. The lowest BCUT2D eigenvalue weighted by molar-refractivity contribution is 0.0817. The number of hydrogen-bond acceptors (Lipinski definition) is 3. The van der Waals surface area contributed by atoms with Gasteiger partial charge in [0.05, 0.1) is 12.3 Å². The molecule has 0 saturated carbocycles. The van der Waals surface area contributed by atoms with Crippen molar-refractivity contribution in [1.82, 2.24) is 14.7 Å². The van der Waals surface area contributed by atoms with E-state index in [1.54, 1.807) is 0 Å². The maximum absolute atomic E-state index is 9.59. The van der Waals surface area contributed by atoms with Gasteiger partial charge in [-0.2, -0.15) is 5.10 Å². The molecule has 102 valence electrons. The van der Waals surface area contributed by atoms with Crippen molar-refractivity contribution in [3.05, 3.63) is 18.0 Å². The Bertz CT molecular complexity index is 362. The van der Waals surface area contributed by atoms with Crippen molar-refractivity contribution in [3.63, 3.8) is 0 Å². The summed E-state index contributed by atoms with van der Waals surface area (Å²) in [5.41, 5.74) is 1.29. The summed E-state index contributed by atoms with van der Waals surface area (Å²) in [7, 11) is 0. The van der Waals surface area contributed by atoms with Crippen molar-refractivity contribution < 1.29 is 5.11 Å². The number of hydrogen-bond donors (Lipinski definition) is 1. The van der Waals surface area contributed by atoms with Crippen LogP contribution in [0.15, 0.2) is 12.4 Å². The van der Waals surface area contributed by atoms with Gasteiger partial charge in [-0.05, 0) is 39.7 Å². The van der Waals surface area contributed by atoms with E-state index in [0.717, 1.165) is 26.1 Å². The molecule has 1 aromatic rings. The van der Waals surface area contributed by atoms with Crippen molar-refractivity contribution in [2.75, 3.05) is 6.54 Å². The summed E-state index contributed by atoms with van der Waals surface area (Å²) in [6.45, 7) is 7.04. The van der Waals surface area contributed by atoms with Gasteiger partial charge in [-0.3, -0.25) is 9.58 Å². The number of likely N-dealkylation sites (tertiary alicyclic amines) is 1. The highest BCUT2D eigenvalue weighted by Gasteiger charge is 2.23. The van der Waals surface area contributed by atoms with Gasteiger partial charge in [0.25, 0.3) is 0 Å². The molecule has 4 heteroatoms.